The van der Waals surface area contributed by atoms with Gasteiger partial charge in [0.05, 0.1) is 23.4 Å². The van der Waals surface area contributed by atoms with E-state index in [-0.39, 0.29) is 5.02 Å². The molecule has 0 unspecified atom stereocenters. The number of hydrogen-bond acceptors (Lipinski definition) is 6. The van der Waals surface area contributed by atoms with Crippen molar-refractivity contribution in [3.8, 4) is 0 Å². The standard InChI is InChI=1S/C23H21ClFNO6/c24-19-14(25)2-3-15-18(19)13(8-11-1-4-16-12(7-11)5-6-31-16)9-26(15)23-22(30)21(29)20(28)17(10-27)32-23/h1-7,9,17,20-23,27-30H,8,10H2/t17-,20-,21+,22-,23-/m1/s1. The van der Waals surface area contributed by atoms with Gasteiger partial charge in [0, 0.05) is 17.0 Å². The van der Waals surface area contributed by atoms with E-state index in [0.717, 1.165) is 16.5 Å². The topological polar surface area (TPSA) is 108 Å². The molecule has 1 saturated heterocycles. The number of fused-ring (bicyclic) bond motifs is 2. The van der Waals surface area contributed by atoms with Gasteiger partial charge in [-0.1, -0.05) is 17.7 Å². The monoisotopic (exact) mass is 461 g/mol. The van der Waals surface area contributed by atoms with Gasteiger partial charge in [-0.2, -0.15) is 0 Å². The molecule has 0 aliphatic carbocycles. The molecule has 0 amide bonds. The van der Waals surface area contributed by atoms with Gasteiger partial charge in [0.1, 0.15) is 35.8 Å². The predicted octanol–water partition coefficient (Wildman–Crippen LogP) is 2.74. The Hall–Kier alpha value is -2.46. The summed E-state index contributed by atoms with van der Waals surface area (Å²) in [4.78, 5) is 0. The number of aromatic nitrogens is 1. The van der Waals surface area contributed by atoms with Crippen molar-refractivity contribution in [2.45, 2.75) is 37.1 Å². The fourth-order valence-electron chi connectivity index (χ4n) is 4.37. The Morgan fingerprint density at radius 3 is 2.62 bits per heavy atom. The SMILES string of the molecule is OC[C@H]1O[C@@H](n2cc(Cc3ccc4occc4c3)c3c(Cl)c(F)ccc32)[C@H](O)[C@@H](O)[C@@H]1O. The van der Waals surface area contributed by atoms with Crippen LogP contribution >= 0.6 is 11.6 Å². The van der Waals surface area contributed by atoms with E-state index in [2.05, 4.69) is 0 Å². The molecule has 1 aliphatic heterocycles. The van der Waals surface area contributed by atoms with Crippen LogP contribution in [0.25, 0.3) is 21.9 Å². The van der Waals surface area contributed by atoms with Gasteiger partial charge < -0.3 is 34.1 Å². The van der Waals surface area contributed by atoms with E-state index in [0.29, 0.717) is 22.9 Å². The smallest absolute Gasteiger partial charge is 0.163 e. The number of halogens is 2. The lowest BCUT2D eigenvalue weighted by Gasteiger charge is -2.40. The average molecular weight is 462 g/mol. The second-order valence-corrected chi connectivity index (χ2v) is 8.38. The van der Waals surface area contributed by atoms with Crippen LogP contribution in [0, 0.1) is 5.82 Å². The number of aliphatic hydroxyl groups is 4. The van der Waals surface area contributed by atoms with Gasteiger partial charge in [0.25, 0.3) is 0 Å². The molecule has 4 aromatic rings. The molecule has 0 radical (unpaired) electrons. The summed E-state index contributed by atoms with van der Waals surface area (Å²) in [6, 6.07) is 10.3. The Kier molecular flexibility index (Phi) is 5.45. The predicted molar refractivity (Wildman–Crippen MR) is 115 cm³/mol. The molecule has 5 atom stereocenters. The first-order chi connectivity index (χ1) is 15.4. The van der Waals surface area contributed by atoms with Crippen molar-refractivity contribution in [1.29, 1.82) is 0 Å². The van der Waals surface area contributed by atoms with Crippen molar-refractivity contribution >= 4 is 33.5 Å². The normalized spacial score (nSPS) is 26.2. The van der Waals surface area contributed by atoms with Crippen LogP contribution in [-0.2, 0) is 11.2 Å². The summed E-state index contributed by atoms with van der Waals surface area (Å²) >= 11 is 6.34. The molecule has 9 heteroatoms. The number of ether oxygens (including phenoxy) is 1. The number of furan rings is 1. The molecule has 1 fully saturated rings. The van der Waals surface area contributed by atoms with Crippen LogP contribution in [0.3, 0.4) is 0 Å². The molecule has 2 aromatic carbocycles. The zero-order valence-corrected chi connectivity index (χ0v) is 17.5. The maximum absolute atomic E-state index is 14.4. The van der Waals surface area contributed by atoms with E-state index in [1.165, 1.54) is 12.1 Å². The van der Waals surface area contributed by atoms with Gasteiger partial charge in [-0.15, -0.1) is 0 Å². The molecule has 4 N–H and O–H groups in total. The second-order valence-electron chi connectivity index (χ2n) is 8.01. The first-order valence-corrected chi connectivity index (χ1v) is 10.5. The Morgan fingerprint density at radius 1 is 1.03 bits per heavy atom. The fraction of sp³-hybridized carbons (Fsp3) is 0.304. The number of hydrogen-bond donors (Lipinski definition) is 4. The largest absolute Gasteiger partial charge is 0.464 e. The van der Waals surface area contributed by atoms with E-state index in [4.69, 9.17) is 20.8 Å². The minimum Gasteiger partial charge on any atom is -0.464 e. The zero-order chi connectivity index (χ0) is 22.6. The first-order valence-electron chi connectivity index (χ1n) is 10.1. The van der Waals surface area contributed by atoms with Gasteiger partial charge in [0.15, 0.2) is 6.23 Å². The lowest BCUT2D eigenvalue weighted by atomic mass is 9.98. The second kappa shape index (κ2) is 8.15. The molecule has 1 aliphatic rings. The summed E-state index contributed by atoms with van der Waals surface area (Å²) in [5.74, 6) is -0.586. The molecular formula is C23H21ClFNO6. The van der Waals surface area contributed by atoms with E-state index in [9.17, 15) is 24.8 Å². The van der Waals surface area contributed by atoms with Gasteiger partial charge in [0.2, 0.25) is 0 Å². The number of benzene rings is 2. The van der Waals surface area contributed by atoms with Crippen LogP contribution in [0.4, 0.5) is 4.39 Å². The van der Waals surface area contributed by atoms with E-state index in [1.54, 1.807) is 17.0 Å². The lowest BCUT2D eigenvalue weighted by Crippen LogP contribution is -2.56. The number of nitrogens with zero attached hydrogens (tertiary/aromatic N) is 1. The Morgan fingerprint density at radius 2 is 1.84 bits per heavy atom. The minimum absolute atomic E-state index is 0.0646. The Bertz CT molecular complexity index is 1280. The maximum atomic E-state index is 14.4. The first kappa shape index (κ1) is 21.4. The molecule has 7 nitrogen and oxygen atoms in total. The highest BCUT2D eigenvalue weighted by Crippen LogP contribution is 2.37. The molecule has 0 spiro atoms. The fourth-order valence-corrected chi connectivity index (χ4v) is 4.65. The molecule has 5 rings (SSSR count). The van der Waals surface area contributed by atoms with Gasteiger partial charge >= 0.3 is 0 Å². The summed E-state index contributed by atoms with van der Waals surface area (Å²) in [7, 11) is 0. The number of rotatable bonds is 4. The van der Waals surface area contributed by atoms with Crippen LogP contribution in [-0.4, -0.2) is 56.0 Å². The van der Waals surface area contributed by atoms with Crippen molar-refractivity contribution in [2.24, 2.45) is 0 Å². The van der Waals surface area contributed by atoms with Crippen molar-refractivity contribution in [1.82, 2.24) is 4.57 Å². The minimum atomic E-state index is -1.54. The van der Waals surface area contributed by atoms with E-state index < -0.39 is 43.1 Å². The van der Waals surface area contributed by atoms with Crippen molar-refractivity contribution in [3.05, 3.63) is 70.8 Å². The summed E-state index contributed by atoms with van der Waals surface area (Å²) in [5.41, 5.74) is 2.86. The molecular weight excluding hydrogens is 441 g/mol. The van der Waals surface area contributed by atoms with Crippen LogP contribution in [0.1, 0.15) is 17.4 Å². The summed E-state index contributed by atoms with van der Waals surface area (Å²) < 4.78 is 27.0. The quantitative estimate of drug-likeness (QED) is 0.372. The molecule has 2 aromatic heterocycles. The van der Waals surface area contributed by atoms with E-state index in [1.807, 2.05) is 24.3 Å². The van der Waals surface area contributed by atoms with Gasteiger partial charge in [-0.25, -0.2) is 4.39 Å². The van der Waals surface area contributed by atoms with Crippen molar-refractivity contribution < 1.29 is 34.0 Å². The lowest BCUT2D eigenvalue weighted by molar-refractivity contribution is -0.250. The van der Waals surface area contributed by atoms with Crippen LogP contribution < -0.4 is 0 Å². The van der Waals surface area contributed by atoms with Gasteiger partial charge in [-0.05, 0) is 47.9 Å². The molecule has 32 heavy (non-hydrogen) atoms. The van der Waals surface area contributed by atoms with E-state index >= 15 is 0 Å². The third-order valence-corrected chi connectivity index (χ3v) is 6.39. The summed E-state index contributed by atoms with van der Waals surface area (Å²) in [6.07, 6.45) is -3.00. The molecule has 3 heterocycles. The van der Waals surface area contributed by atoms with Crippen LogP contribution in [0.2, 0.25) is 5.02 Å². The Labute approximate surface area is 186 Å². The Balaban J connectivity index is 1.62. The third kappa shape index (κ3) is 3.40. The zero-order valence-electron chi connectivity index (χ0n) is 16.7. The average Bonchev–Trinajstić information content (AvgIpc) is 3.39. The van der Waals surface area contributed by atoms with Crippen LogP contribution in [0.5, 0.6) is 0 Å². The summed E-state index contributed by atoms with van der Waals surface area (Å²) in [6.45, 7) is -0.548. The van der Waals surface area contributed by atoms with Gasteiger partial charge in [-0.3, -0.25) is 0 Å². The molecule has 0 saturated carbocycles. The third-order valence-electron chi connectivity index (χ3n) is 6.02. The maximum Gasteiger partial charge on any atom is 0.163 e. The molecule has 0 bridgehead atoms. The highest BCUT2D eigenvalue weighted by Gasteiger charge is 2.44. The van der Waals surface area contributed by atoms with Crippen molar-refractivity contribution in [2.75, 3.05) is 6.61 Å². The van der Waals surface area contributed by atoms with Crippen molar-refractivity contribution in [3.63, 3.8) is 0 Å². The van der Waals surface area contributed by atoms with Crippen LogP contribution in [0.15, 0.2) is 53.3 Å². The highest BCUT2D eigenvalue weighted by atomic mass is 35.5. The number of aliphatic hydroxyl groups excluding tert-OH is 4. The molecule has 168 valence electrons. The highest BCUT2D eigenvalue weighted by molar-refractivity contribution is 6.35. The summed E-state index contributed by atoms with van der Waals surface area (Å²) in [5, 5.41) is 41.8.